The zero-order valence-electron chi connectivity index (χ0n) is 6.75. The lowest BCUT2D eigenvalue weighted by Crippen LogP contribution is -2.45. The predicted molar refractivity (Wildman–Crippen MR) is 40.7 cm³/mol. The van der Waals surface area contributed by atoms with E-state index >= 15 is 0 Å². The average Bonchev–Trinajstić information content (AvgIpc) is 2.04. The molecule has 0 aliphatic carbocycles. The first kappa shape index (κ1) is 8.49. The van der Waals surface area contributed by atoms with E-state index in [-0.39, 0.29) is 0 Å². The molecule has 1 rings (SSSR count). The Hall–Kier alpha value is -0.610. The van der Waals surface area contributed by atoms with Gasteiger partial charge in [-0.1, -0.05) is 0 Å². The monoisotopic (exact) mass is 157 g/mol. The summed E-state index contributed by atoms with van der Waals surface area (Å²) < 4.78 is 4.51. The summed E-state index contributed by atoms with van der Waals surface area (Å²) in [6.45, 7) is 5.84. The van der Waals surface area contributed by atoms with Crippen molar-refractivity contribution in [1.82, 2.24) is 9.80 Å². The fourth-order valence-corrected chi connectivity index (χ4v) is 1.09. The average molecular weight is 157 g/mol. The molecule has 1 fully saturated rings. The van der Waals surface area contributed by atoms with Crippen LogP contribution in [0.1, 0.15) is 0 Å². The topological polar surface area (TPSA) is 32.8 Å². The minimum absolute atomic E-state index is 0.386. The first-order valence-electron chi connectivity index (χ1n) is 3.73. The minimum Gasteiger partial charge on any atom is -0.441 e. The number of likely N-dealkylation sites (N-methyl/N-ethyl adjacent to an activating group) is 1. The van der Waals surface area contributed by atoms with Crippen molar-refractivity contribution in [3.05, 3.63) is 0 Å². The molecule has 0 atom stereocenters. The molecule has 4 nitrogen and oxygen atoms in total. The Morgan fingerprint density at radius 2 is 2.00 bits per heavy atom. The molecule has 0 N–H and O–H groups in total. The largest absolute Gasteiger partial charge is 0.441 e. The van der Waals surface area contributed by atoms with E-state index in [0.29, 0.717) is 6.73 Å². The summed E-state index contributed by atoms with van der Waals surface area (Å²) in [5, 5.41) is 0. The molecule has 63 valence electrons. The van der Waals surface area contributed by atoms with E-state index in [0.717, 1.165) is 26.2 Å². The van der Waals surface area contributed by atoms with E-state index in [1.54, 1.807) is 0 Å². The van der Waals surface area contributed by atoms with Crippen molar-refractivity contribution < 1.29 is 9.53 Å². The van der Waals surface area contributed by atoms with Crippen LogP contribution in [-0.2, 0) is 9.53 Å². The molecule has 1 aliphatic heterocycles. The lowest BCUT2D eigenvalue weighted by atomic mass is 10.3. The van der Waals surface area contributed by atoms with E-state index in [1.165, 1.54) is 6.47 Å². The molecule has 0 spiro atoms. The molecule has 11 heavy (non-hydrogen) atoms. The Bertz CT molecular complexity index is 122. The van der Waals surface area contributed by atoms with Gasteiger partial charge in [-0.3, -0.25) is 4.90 Å². The molecular formula is C7H13N2O2. The van der Waals surface area contributed by atoms with Crippen molar-refractivity contribution in [1.29, 1.82) is 0 Å². The molecule has 0 aromatic carbocycles. The third-order valence-electron chi connectivity index (χ3n) is 1.90. The first-order valence-corrected chi connectivity index (χ1v) is 3.73. The van der Waals surface area contributed by atoms with Crippen LogP contribution in [0.25, 0.3) is 0 Å². The van der Waals surface area contributed by atoms with E-state index in [2.05, 4.69) is 21.6 Å². The molecule has 4 heteroatoms. The summed E-state index contributed by atoms with van der Waals surface area (Å²) in [6.07, 6.45) is 0. The molecule has 1 saturated heterocycles. The van der Waals surface area contributed by atoms with Gasteiger partial charge in [0.15, 0.2) is 0 Å². The molecule has 1 radical (unpaired) electrons. The molecule has 0 aromatic heterocycles. The number of piperazine rings is 1. The number of ether oxygens (including phenoxy) is 1. The number of hydrogen-bond acceptors (Lipinski definition) is 4. The van der Waals surface area contributed by atoms with Crippen molar-refractivity contribution in [2.75, 3.05) is 40.0 Å². The van der Waals surface area contributed by atoms with Crippen molar-refractivity contribution in [2.24, 2.45) is 0 Å². The second-order valence-electron chi connectivity index (χ2n) is 2.78. The Balaban J connectivity index is 2.12. The van der Waals surface area contributed by atoms with E-state index in [4.69, 9.17) is 0 Å². The van der Waals surface area contributed by atoms with Crippen LogP contribution < -0.4 is 0 Å². The van der Waals surface area contributed by atoms with Gasteiger partial charge in [-0.15, -0.1) is 0 Å². The van der Waals surface area contributed by atoms with Crippen molar-refractivity contribution >= 4 is 6.47 Å². The summed E-state index contributed by atoms with van der Waals surface area (Å²) in [4.78, 5) is 14.1. The SMILES string of the molecule is CN1CCN(CO[C]=O)CC1. The zero-order chi connectivity index (χ0) is 8.10. The summed E-state index contributed by atoms with van der Waals surface area (Å²) in [6, 6.07) is 0. The van der Waals surface area contributed by atoms with Crippen LogP contribution in [0.5, 0.6) is 0 Å². The van der Waals surface area contributed by atoms with Crippen LogP contribution >= 0.6 is 0 Å². The standard InChI is InChI=1S/C7H13N2O2/c1-8-2-4-9(5-3-8)6-11-7-10/h2-6H2,1H3. The fraction of sp³-hybridized carbons (Fsp3) is 0.857. The molecule has 0 amide bonds. The van der Waals surface area contributed by atoms with Gasteiger partial charge < -0.3 is 9.64 Å². The van der Waals surface area contributed by atoms with Gasteiger partial charge in [0, 0.05) is 26.2 Å². The van der Waals surface area contributed by atoms with Crippen molar-refractivity contribution in [3.8, 4) is 0 Å². The Kier molecular flexibility index (Phi) is 3.32. The molecule has 1 heterocycles. The van der Waals surface area contributed by atoms with Gasteiger partial charge in [0.25, 0.3) is 0 Å². The Morgan fingerprint density at radius 1 is 1.36 bits per heavy atom. The van der Waals surface area contributed by atoms with Gasteiger partial charge in [0.2, 0.25) is 0 Å². The molecule has 1 aliphatic rings. The predicted octanol–water partition coefficient (Wildman–Crippen LogP) is -0.725. The van der Waals surface area contributed by atoms with Crippen LogP contribution in [0.2, 0.25) is 0 Å². The number of carbonyl (C=O) groups excluding carboxylic acids is 1. The summed E-state index contributed by atoms with van der Waals surface area (Å²) in [5.74, 6) is 0. The molecule has 0 aromatic rings. The lowest BCUT2D eigenvalue weighted by Gasteiger charge is -2.30. The Morgan fingerprint density at radius 3 is 2.55 bits per heavy atom. The zero-order valence-corrected chi connectivity index (χ0v) is 6.75. The second-order valence-corrected chi connectivity index (χ2v) is 2.78. The van der Waals surface area contributed by atoms with Crippen LogP contribution in [-0.4, -0.2) is 56.2 Å². The minimum atomic E-state index is 0.386. The van der Waals surface area contributed by atoms with E-state index in [9.17, 15) is 4.79 Å². The third kappa shape index (κ3) is 2.86. The molecule has 0 unspecified atom stereocenters. The quantitative estimate of drug-likeness (QED) is 0.541. The maximum Gasteiger partial charge on any atom is 0.418 e. The van der Waals surface area contributed by atoms with Crippen molar-refractivity contribution in [2.45, 2.75) is 0 Å². The first-order chi connectivity index (χ1) is 5.33. The van der Waals surface area contributed by atoms with Gasteiger partial charge in [0.05, 0.1) is 0 Å². The Labute approximate surface area is 66.7 Å². The van der Waals surface area contributed by atoms with Gasteiger partial charge in [-0.05, 0) is 7.05 Å². The van der Waals surface area contributed by atoms with E-state index < -0.39 is 0 Å². The van der Waals surface area contributed by atoms with Crippen LogP contribution in [0.4, 0.5) is 0 Å². The smallest absolute Gasteiger partial charge is 0.418 e. The summed E-state index contributed by atoms with van der Waals surface area (Å²) in [5.41, 5.74) is 0. The highest BCUT2D eigenvalue weighted by Crippen LogP contribution is 1.97. The van der Waals surface area contributed by atoms with Gasteiger partial charge in [-0.2, -0.15) is 0 Å². The lowest BCUT2D eigenvalue weighted by molar-refractivity contribution is 0.0677. The molecular weight excluding hydrogens is 144 g/mol. The number of nitrogens with zero attached hydrogens (tertiary/aromatic N) is 2. The highest BCUT2D eigenvalue weighted by atomic mass is 16.5. The number of rotatable bonds is 3. The molecule has 0 saturated carbocycles. The van der Waals surface area contributed by atoms with Gasteiger partial charge in [-0.25, -0.2) is 4.79 Å². The fourth-order valence-electron chi connectivity index (χ4n) is 1.09. The van der Waals surface area contributed by atoms with Gasteiger partial charge in [0.1, 0.15) is 6.73 Å². The highest BCUT2D eigenvalue weighted by molar-refractivity contribution is 5.37. The summed E-state index contributed by atoms with van der Waals surface area (Å²) in [7, 11) is 2.09. The van der Waals surface area contributed by atoms with Crippen LogP contribution in [0, 0.1) is 0 Å². The molecule has 0 bridgehead atoms. The van der Waals surface area contributed by atoms with Crippen molar-refractivity contribution in [3.63, 3.8) is 0 Å². The third-order valence-corrected chi connectivity index (χ3v) is 1.90. The highest BCUT2D eigenvalue weighted by Gasteiger charge is 2.12. The van der Waals surface area contributed by atoms with Crippen LogP contribution in [0.15, 0.2) is 0 Å². The van der Waals surface area contributed by atoms with Crippen LogP contribution in [0.3, 0.4) is 0 Å². The van der Waals surface area contributed by atoms with E-state index in [1.807, 2.05) is 0 Å². The normalized spacial score (nSPS) is 21.5. The number of hydrogen-bond donors (Lipinski definition) is 0. The maximum atomic E-state index is 9.73. The summed E-state index contributed by atoms with van der Waals surface area (Å²) >= 11 is 0. The maximum absolute atomic E-state index is 9.73. The van der Waals surface area contributed by atoms with Gasteiger partial charge >= 0.3 is 6.47 Å². The second kappa shape index (κ2) is 4.31.